The van der Waals surface area contributed by atoms with Crippen molar-refractivity contribution < 1.29 is 0 Å². The Bertz CT molecular complexity index is 399. The number of rotatable bonds is 1. The van der Waals surface area contributed by atoms with Crippen LogP contribution in [0.2, 0.25) is 0 Å². The normalized spacial score (nSPS) is 23.2. The summed E-state index contributed by atoms with van der Waals surface area (Å²) in [6.07, 6.45) is 5.26. The molecule has 2 heterocycles. The molecule has 1 spiro atoms. The second kappa shape index (κ2) is 4.62. The van der Waals surface area contributed by atoms with Crippen molar-refractivity contribution in [2.45, 2.75) is 31.2 Å². The lowest BCUT2D eigenvalue weighted by Crippen LogP contribution is -2.51. The molecule has 17 heavy (non-hydrogen) atoms. The number of anilines is 1. The van der Waals surface area contributed by atoms with Crippen molar-refractivity contribution in [2.75, 3.05) is 24.5 Å². The highest BCUT2D eigenvalue weighted by atomic mass is 79.9. The van der Waals surface area contributed by atoms with Crippen molar-refractivity contribution in [1.29, 1.82) is 0 Å². The summed E-state index contributed by atoms with van der Waals surface area (Å²) in [5.74, 6) is 0. The van der Waals surface area contributed by atoms with Gasteiger partial charge in [-0.15, -0.1) is 0 Å². The molecule has 2 nitrogen and oxygen atoms in total. The highest BCUT2D eigenvalue weighted by Crippen LogP contribution is 2.42. The minimum absolute atomic E-state index is 0.426. The van der Waals surface area contributed by atoms with Gasteiger partial charge in [-0.2, -0.15) is 0 Å². The fraction of sp³-hybridized carbons (Fsp3) is 0.571. The summed E-state index contributed by atoms with van der Waals surface area (Å²) >= 11 is 3.70. The zero-order valence-electron chi connectivity index (χ0n) is 10.1. The van der Waals surface area contributed by atoms with Gasteiger partial charge in [0.15, 0.2) is 0 Å². The topological polar surface area (TPSA) is 15.3 Å². The molecule has 0 unspecified atom stereocenters. The maximum Gasteiger partial charge on any atom is 0.0515 e. The number of hydrogen-bond donors (Lipinski definition) is 1. The maximum atomic E-state index is 3.70. The lowest BCUT2D eigenvalue weighted by atomic mass is 9.85. The maximum absolute atomic E-state index is 3.70. The lowest BCUT2D eigenvalue weighted by Gasteiger charge is -2.43. The summed E-state index contributed by atoms with van der Waals surface area (Å²) in [6, 6.07) is 8.65. The quantitative estimate of drug-likeness (QED) is 0.856. The van der Waals surface area contributed by atoms with E-state index in [1.165, 1.54) is 55.5 Å². The predicted octanol–water partition coefficient (Wildman–Crippen LogP) is 3.17. The molecule has 2 fully saturated rings. The van der Waals surface area contributed by atoms with E-state index in [1.54, 1.807) is 0 Å². The number of nitrogens with one attached hydrogen (secondary N) is 1. The molecule has 2 aliphatic heterocycles. The summed E-state index contributed by atoms with van der Waals surface area (Å²) in [4.78, 5) is 2.65. The fourth-order valence-electron chi connectivity index (χ4n) is 3.40. The zero-order valence-corrected chi connectivity index (χ0v) is 11.7. The average Bonchev–Trinajstić information content (AvgIpc) is 2.74. The second-order valence-corrected chi connectivity index (χ2v) is 6.04. The van der Waals surface area contributed by atoms with Gasteiger partial charge in [-0.05, 0) is 66.8 Å². The molecule has 3 rings (SSSR count). The van der Waals surface area contributed by atoms with Gasteiger partial charge in [0.1, 0.15) is 0 Å². The van der Waals surface area contributed by atoms with Gasteiger partial charge in [-0.1, -0.05) is 12.1 Å². The highest BCUT2D eigenvalue weighted by Gasteiger charge is 2.41. The molecule has 1 aromatic rings. The van der Waals surface area contributed by atoms with E-state index in [0.717, 1.165) is 0 Å². The van der Waals surface area contributed by atoms with E-state index in [0.29, 0.717) is 5.54 Å². The van der Waals surface area contributed by atoms with Crippen molar-refractivity contribution in [3.8, 4) is 0 Å². The second-order valence-electron chi connectivity index (χ2n) is 5.18. The number of benzene rings is 1. The largest absolute Gasteiger partial charge is 0.365 e. The van der Waals surface area contributed by atoms with E-state index < -0.39 is 0 Å². The molecule has 2 saturated heterocycles. The molecule has 0 amide bonds. The number of para-hydroxylation sites is 1. The van der Waals surface area contributed by atoms with E-state index in [4.69, 9.17) is 0 Å². The van der Waals surface area contributed by atoms with E-state index in [-0.39, 0.29) is 0 Å². The Balaban J connectivity index is 1.94. The summed E-state index contributed by atoms with van der Waals surface area (Å²) in [6.45, 7) is 3.55. The van der Waals surface area contributed by atoms with Gasteiger partial charge >= 0.3 is 0 Å². The van der Waals surface area contributed by atoms with Gasteiger partial charge in [0, 0.05) is 16.6 Å². The van der Waals surface area contributed by atoms with E-state index in [1.807, 2.05) is 0 Å². The lowest BCUT2D eigenvalue weighted by molar-refractivity contribution is 0.311. The van der Waals surface area contributed by atoms with Crippen LogP contribution in [0.25, 0.3) is 0 Å². The van der Waals surface area contributed by atoms with Crippen LogP contribution in [0.1, 0.15) is 25.7 Å². The summed E-state index contributed by atoms with van der Waals surface area (Å²) in [7, 11) is 0. The van der Waals surface area contributed by atoms with Crippen LogP contribution in [0.5, 0.6) is 0 Å². The molecule has 1 aromatic carbocycles. The van der Waals surface area contributed by atoms with E-state index in [9.17, 15) is 0 Å². The first-order valence-corrected chi connectivity index (χ1v) is 7.34. The van der Waals surface area contributed by atoms with Gasteiger partial charge in [0.2, 0.25) is 0 Å². The third kappa shape index (κ3) is 2.00. The SMILES string of the molecule is Brc1ccccc1N1CCCC12CCNCC2. The van der Waals surface area contributed by atoms with Crippen molar-refractivity contribution in [3.05, 3.63) is 28.7 Å². The molecule has 0 bridgehead atoms. The Hall–Kier alpha value is -0.540. The molecular formula is C14H19BrN2. The molecule has 0 aliphatic carbocycles. The number of hydrogen-bond acceptors (Lipinski definition) is 2. The summed E-state index contributed by atoms with van der Waals surface area (Å²) < 4.78 is 1.24. The van der Waals surface area contributed by atoms with Gasteiger partial charge < -0.3 is 10.2 Å². The van der Waals surface area contributed by atoms with Crippen LogP contribution in [0.4, 0.5) is 5.69 Å². The van der Waals surface area contributed by atoms with Crippen LogP contribution >= 0.6 is 15.9 Å². The Morgan fingerprint density at radius 1 is 1.12 bits per heavy atom. The third-order valence-electron chi connectivity index (χ3n) is 4.27. The molecule has 0 saturated carbocycles. The monoisotopic (exact) mass is 294 g/mol. The molecule has 0 atom stereocenters. The first kappa shape index (κ1) is 11.5. The standard InChI is InChI=1S/C14H19BrN2/c15-12-4-1-2-5-13(12)17-11-3-6-14(17)7-9-16-10-8-14/h1-2,4-5,16H,3,6-11H2. The van der Waals surface area contributed by atoms with E-state index >= 15 is 0 Å². The minimum atomic E-state index is 0.426. The zero-order chi connectivity index (χ0) is 11.7. The molecule has 2 aliphatic rings. The fourth-order valence-corrected chi connectivity index (χ4v) is 3.90. The van der Waals surface area contributed by atoms with Gasteiger partial charge in [-0.25, -0.2) is 0 Å². The molecule has 3 heteroatoms. The van der Waals surface area contributed by atoms with Crippen molar-refractivity contribution in [1.82, 2.24) is 5.32 Å². The molecule has 0 aromatic heterocycles. The smallest absolute Gasteiger partial charge is 0.0515 e. The summed E-state index contributed by atoms with van der Waals surface area (Å²) in [5, 5.41) is 3.48. The van der Waals surface area contributed by atoms with Gasteiger partial charge in [0.25, 0.3) is 0 Å². The minimum Gasteiger partial charge on any atom is -0.365 e. The highest BCUT2D eigenvalue weighted by molar-refractivity contribution is 9.10. The Morgan fingerprint density at radius 2 is 1.88 bits per heavy atom. The van der Waals surface area contributed by atoms with Crippen LogP contribution < -0.4 is 10.2 Å². The Labute approximate surface area is 112 Å². The van der Waals surface area contributed by atoms with Crippen molar-refractivity contribution in [2.24, 2.45) is 0 Å². The number of piperidine rings is 1. The molecule has 1 N–H and O–H groups in total. The Morgan fingerprint density at radius 3 is 2.65 bits per heavy atom. The first-order valence-electron chi connectivity index (χ1n) is 6.55. The van der Waals surface area contributed by atoms with Crippen LogP contribution in [-0.2, 0) is 0 Å². The van der Waals surface area contributed by atoms with Crippen LogP contribution in [0.15, 0.2) is 28.7 Å². The summed E-state index contributed by atoms with van der Waals surface area (Å²) in [5.41, 5.74) is 1.81. The molecular weight excluding hydrogens is 276 g/mol. The van der Waals surface area contributed by atoms with Crippen LogP contribution in [-0.4, -0.2) is 25.2 Å². The first-order chi connectivity index (χ1) is 8.32. The Kier molecular flexibility index (Phi) is 3.14. The number of halogens is 1. The van der Waals surface area contributed by atoms with Crippen molar-refractivity contribution >= 4 is 21.6 Å². The van der Waals surface area contributed by atoms with E-state index in [2.05, 4.69) is 50.4 Å². The third-order valence-corrected chi connectivity index (χ3v) is 4.94. The van der Waals surface area contributed by atoms with Gasteiger partial charge in [0.05, 0.1) is 5.69 Å². The number of nitrogens with zero attached hydrogens (tertiary/aromatic N) is 1. The van der Waals surface area contributed by atoms with Crippen molar-refractivity contribution in [3.63, 3.8) is 0 Å². The van der Waals surface area contributed by atoms with Crippen LogP contribution in [0.3, 0.4) is 0 Å². The van der Waals surface area contributed by atoms with Gasteiger partial charge in [-0.3, -0.25) is 0 Å². The van der Waals surface area contributed by atoms with Crippen LogP contribution in [0, 0.1) is 0 Å². The molecule has 92 valence electrons. The molecule has 0 radical (unpaired) electrons. The average molecular weight is 295 g/mol. The predicted molar refractivity (Wildman–Crippen MR) is 75.6 cm³/mol.